The third-order valence-corrected chi connectivity index (χ3v) is 4.19. The van der Waals surface area contributed by atoms with E-state index in [9.17, 15) is 0 Å². The summed E-state index contributed by atoms with van der Waals surface area (Å²) >= 11 is 6.00. The molecule has 0 aromatic rings. The molecule has 0 aliphatic carbocycles. The molecule has 0 rings (SSSR count). The molecule has 0 radical (unpaired) electrons. The Morgan fingerprint density at radius 2 is 1.90 bits per heavy atom. The van der Waals surface area contributed by atoms with Gasteiger partial charge < -0.3 is 4.98 Å². The summed E-state index contributed by atoms with van der Waals surface area (Å²) in [6.07, 6.45) is 1.23. The van der Waals surface area contributed by atoms with Crippen molar-refractivity contribution in [2.24, 2.45) is 5.41 Å². The number of nitrogens with one attached hydrogen (secondary N) is 1. The summed E-state index contributed by atoms with van der Waals surface area (Å²) in [5.41, 5.74) is 0.441. The van der Waals surface area contributed by atoms with Gasteiger partial charge in [0.1, 0.15) is 0 Å². The average molecular weight is 180 g/mol. The van der Waals surface area contributed by atoms with Crippen molar-refractivity contribution in [2.45, 2.75) is 33.2 Å². The lowest BCUT2D eigenvalue weighted by Crippen LogP contribution is -2.25. The van der Waals surface area contributed by atoms with Crippen molar-refractivity contribution in [3.63, 3.8) is 0 Å². The summed E-state index contributed by atoms with van der Waals surface area (Å²) in [4.78, 5) is 3.14. The zero-order valence-electron chi connectivity index (χ0n) is 7.37. The van der Waals surface area contributed by atoms with Crippen LogP contribution in [0.2, 0.25) is 6.04 Å². The standard InChI is InChI=1S/C7H18ClNSi/c1-7(2,3)5-6-10(8)9-4/h9-10H,5-6H2,1-4H3. The van der Waals surface area contributed by atoms with E-state index in [-0.39, 0.29) is 0 Å². The van der Waals surface area contributed by atoms with E-state index < -0.39 is 8.27 Å². The van der Waals surface area contributed by atoms with Crippen molar-refractivity contribution in [3.8, 4) is 0 Å². The molecule has 0 spiro atoms. The lowest BCUT2D eigenvalue weighted by atomic mass is 9.94. The van der Waals surface area contributed by atoms with Gasteiger partial charge in [0, 0.05) is 0 Å². The second-order valence-electron chi connectivity index (χ2n) is 3.86. The van der Waals surface area contributed by atoms with Crippen molar-refractivity contribution in [1.29, 1.82) is 0 Å². The second-order valence-corrected chi connectivity index (χ2v) is 7.53. The molecule has 0 aliphatic heterocycles. The molecule has 3 heteroatoms. The van der Waals surface area contributed by atoms with Crippen LogP contribution in [0.25, 0.3) is 0 Å². The minimum Gasteiger partial charge on any atom is -0.331 e. The van der Waals surface area contributed by atoms with Gasteiger partial charge >= 0.3 is 0 Å². The van der Waals surface area contributed by atoms with Crippen LogP contribution < -0.4 is 4.98 Å². The van der Waals surface area contributed by atoms with E-state index in [2.05, 4.69) is 25.8 Å². The molecule has 0 aliphatic rings. The highest BCUT2D eigenvalue weighted by molar-refractivity contribution is 7.05. The van der Waals surface area contributed by atoms with Crippen molar-refractivity contribution >= 4 is 19.3 Å². The molecule has 1 atom stereocenters. The van der Waals surface area contributed by atoms with Gasteiger partial charge in [0.25, 0.3) is 0 Å². The quantitative estimate of drug-likeness (QED) is 0.517. The Labute approximate surface area is 70.5 Å². The molecule has 0 bridgehead atoms. The number of hydrogen-bond acceptors (Lipinski definition) is 1. The minimum absolute atomic E-state index is 0.441. The van der Waals surface area contributed by atoms with E-state index in [1.807, 2.05) is 7.05 Å². The zero-order valence-corrected chi connectivity index (χ0v) is 9.28. The van der Waals surface area contributed by atoms with Crippen LogP contribution in [0.15, 0.2) is 0 Å². The summed E-state index contributed by atoms with van der Waals surface area (Å²) in [6.45, 7) is 6.75. The lowest BCUT2D eigenvalue weighted by Gasteiger charge is -2.18. The molecule has 0 heterocycles. The fourth-order valence-corrected chi connectivity index (χ4v) is 2.44. The molecule has 62 valence electrons. The van der Waals surface area contributed by atoms with Crippen molar-refractivity contribution < 1.29 is 0 Å². The van der Waals surface area contributed by atoms with Crippen LogP contribution in [0.5, 0.6) is 0 Å². The second kappa shape index (κ2) is 4.37. The maximum atomic E-state index is 6.00. The molecule has 1 nitrogen and oxygen atoms in total. The van der Waals surface area contributed by atoms with Crippen LogP contribution in [0.1, 0.15) is 27.2 Å². The molecule has 1 unspecified atom stereocenters. The summed E-state index contributed by atoms with van der Waals surface area (Å²) < 4.78 is 0. The van der Waals surface area contributed by atoms with E-state index in [1.165, 1.54) is 12.5 Å². The normalized spacial score (nSPS) is 15.3. The number of rotatable bonds is 3. The Bertz CT molecular complexity index is 90.1. The summed E-state index contributed by atoms with van der Waals surface area (Å²) in [5, 5.41) is 0. The molecular formula is C7H18ClNSi. The molecule has 10 heavy (non-hydrogen) atoms. The Morgan fingerprint density at radius 3 is 2.20 bits per heavy atom. The van der Waals surface area contributed by atoms with Gasteiger partial charge in [0.15, 0.2) is 0 Å². The van der Waals surface area contributed by atoms with Gasteiger partial charge in [0.2, 0.25) is 8.27 Å². The first-order valence-electron chi connectivity index (χ1n) is 3.77. The van der Waals surface area contributed by atoms with Crippen LogP contribution >= 0.6 is 11.1 Å². The number of hydrogen-bond donors (Lipinski definition) is 1. The van der Waals surface area contributed by atoms with Crippen molar-refractivity contribution in [1.82, 2.24) is 4.98 Å². The predicted molar refractivity (Wildman–Crippen MR) is 50.9 cm³/mol. The van der Waals surface area contributed by atoms with Crippen LogP contribution in [-0.4, -0.2) is 15.3 Å². The highest BCUT2D eigenvalue weighted by Crippen LogP contribution is 2.21. The molecule has 0 aromatic carbocycles. The van der Waals surface area contributed by atoms with Crippen LogP contribution in [0.3, 0.4) is 0 Å². The first kappa shape index (κ1) is 10.5. The maximum absolute atomic E-state index is 6.00. The predicted octanol–water partition coefficient (Wildman–Crippen LogP) is 2.10. The van der Waals surface area contributed by atoms with E-state index in [1.54, 1.807) is 0 Å². The first-order chi connectivity index (χ1) is 4.45. The molecule has 0 saturated heterocycles. The highest BCUT2D eigenvalue weighted by atomic mass is 35.6. The van der Waals surface area contributed by atoms with Gasteiger partial charge in [-0.15, -0.1) is 0 Å². The fraction of sp³-hybridized carbons (Fsp3) is 1.00. The van der Waals surface area contributed by atoms with Crippen molar-refractivity contribution in [3.05, 3.63) is 0 Å². The van der Waals surface area contributed by atoms with Crippen LogP contribution in [-0.2, 0) is 0 Å². The largest absolute Gasteiger partial charge is 0.331 e. The van der Waals surface area contributed by atoms with Crippen molar-refractivity contribution in [2.75, 3.05) is 7.05 Å². The van der Waals surface area contributed by atoms with Gasteiger partial charge in [-0.2, -0.15) is 11.1 Å². The zero-order chi connectivity index (χ0) is 8.20. The molecule has 0 fully saturated rings. The third-order valence-electron chi connectivity index (χ3n) is 1.46. The van der Waals surface area contributed by atoms with E-state index in [0.29, 0.717) is 5.41 Å². The van der Waals surface area contributed by atoms with Gasteiger partial charge in [-0.25, -0.2) is 0 Å². The van der Waals surface area contributed by atoms with E-state index >= 15 is 0 Å². The average Bonchev–Trinajstić information content (AvgIpc) is 1.81. The first-order valence-corrected chi connectivity index (χ1v) is 6.91. The monoisotopic (exact) mass is 179 g/mol. The number of halogens is 1. The van der Waals surface area contributed by atoms with Gasteiger partial charge in [-0.1, -0.05) is 20.8 Å². The Morgan fingerprint density at radius 1 is 1.40 bits per heavy atom. The van der Waals surface area contributed by atoms with Gasteiger partial charge in [0.05, 0.1) is 0 Å². The van der Waals surface area contributed by atoms with Gasteiger partial charge in [-0.3, -0.25) is 0 Å². The van der Waals surface area contributed by atoms with E-state index in [0.717, 1.165) is 0 Å². The topological polar surface area (TPSA) is 12.0 Å². The Kier molecular flexibility index (Phi) is 4.57. The Hall–Kier alpha value is 0.467. The molecule has 0 amide bonds. The SMILES string of the molecule is CN[SiH](Cl)CCC(C)(C)C. The molecule has 0 aromatic heterocycles. The maximum Gasteiger partial charge on any atom is 0.210 e. The van der Waals surface area contributed by atoms with E-state index in [4.69, 9.17) is 11.1 Å². The van der Waals surface area contributed by atoms with Gasteiger partial charge in [-0.05, 0) is 24.9 Å². The highest BCUT2D eigenvalue weighted by Gasteiger charge is 2.13. The summed E-state index contributed by atoms with van der Waals surface area (Å²) in [6, 6.07) is 1.18. The minimum atomic E-state index is -1.06. The molecule has 0 saturated carbocycles. The molecule has 1 N–H and O–H groups in total. The Balaban J connectivity index is 3.36. The molecular weight excluding hydrogens is 162 g/mol. The third kappa shape index (κ3) is 6.58. The van der Waals surface area contributed by atoms with Crippen LogP contribution in [0, 0.1) is 5.41 Å². The summed E-state index contributed by atoms with van der Waals surface area (Å²) in [7, 11) is 0.892. The fourth-order valence-electron chi connectivity index (χ4n) is 0.704. The van der Waals surface area contributed by atoms with Crippen LogP contribution in [0.4, 0.5) is 0 Å². The smallest absolute Gasteiger partial charge is 0.210 e. The lowest BCUT2D eigenvalue weighted by molar-refractivity contribution is 0.396. The summed E-state index contributed by atoms with van der Waals surface area (Å²) in [5.74, 6) is 0.